The van der Waals surface area contributed by atoms with Gasteiger partial charge in [0.1, 0.15) is 0 Å². The Morgan fingerprint density at radius 1 is 1.26 bits per heavy atom. The maximum atomic E-state index is 5.37. The van der Waals surface area contributed by atoms with Gasteiger partial charge in [-0.15, -0.1) is 12.3 Å². The highest BCUT2D eigenvalue weighted by molar-refractivity contribution is 5.83. The second-order valence-electron chi connectivity index (χ2n) is 5.92. The summed E-state index contributed by atoms with van der Waals surface area (Å²) >= 11 is 0. The van der Waals surface area contributed by atoms with Crippen molar-refractivity contribution < 1.29 is 0 Å². The number of benzene rings is 1. The number of hydrogen-bond donors (Lipinski definition) is 1. The molecule has 0 saturated heterocycles. The molecule has 0 amide bonds. The number of aryl methyl sites for hydroxylation is 1. The molecule has 0 aliphatic carbocycles. The van der Waals surface area contributed by atoms with Crippen molar-refractivity contribution in [3.63, 3.8) is 0 Å². The van der Waals surface area contributed by atoms with Crippen LogP contribution in [0, 0.1) is 12.3 Å². The molecule has 2 nitrogen and oxygen atoms in total. The molecular formula is C17H22N2. The van der Waals surface area contributed by atoms with Crippen LogP contribution >= 0.6 is 0 Å². The molecule has 0 aliphatic heterocycles. The Labute approximate surface area is 115 Å². The highest BCUT2D eigenvalue weighted by Crippen LogP contribution is 2.21. The summed E-state index contributed by atoms with van der Waals surface area (Å²) in [6, 6.07) is 8.62. The van der Waals surface area contributed by atoms with Gasteiger partial charge in [0.2, 0.25) is 0 Å². The molecule has 2 aromatic rings. The molecule has 1 aromatic heterocycles. The van der Waals surface area contributed by atoms with Crippen LogP contribution in [0.25, 0.3) is 10.9 Å². The van der Waals surface area contributed by atoms with Gasteiger partial charge in [0.25, 0.3) is 0 Å². The third kappa shape index (κ3) is 3.39. The fourth-order valence-corrected chi connectivity index (χ4v) is 2.22. The third-order valence-electron chi connectivity index (χ3n) is 3.18. The van der Waals surface area contributed by atoms with Gasteiger partial charge in [0.05, 0.1) is 5.52 Å². The molecule has 1 N–H and O–H groups in total. The number of nitrogens with zero attached hydrogens (tertiary/aromatic N) is 1. The number of rotatable bonds is 4. The Morgan fingerprint density at radius 2 is 2.05 bits per heavy atom. The summed E-state index contributed by atoms with van der Waals surface area (Å²) in [5.41, 5.74) is 2.75. The summed E-state index contributed by atoms with van der Waals surface area (Å²) in [6.45, 7) is 8.31. The average Bonchev–Trinajstić information content (AvgIpc) is 2.76. The number of nitrogens with one attached hydrogen (secondary N) is 1. The lowest BCUT2D eigenvalue weighted by Crippen LogP contribution is -2.35. The van der Waals surface area contributed by atoms with E-state index in [9.17, 15) is 0 Å². The molecule has 100 valence electrons. The summed E-state index contributed by atoms with van der Waals surface area (Å²) in [5, 5.41) is 4.83. The Morgan fingerprint density at radius 3 is 2.74 bits per heavy atom. The van der Waals surface area contributed by atoms with Crippen LogP contribution in [0.5, 0.6) is 0 Å². The predicted molar refractivity (Wildman–Crippen MR) is 82.0 cm³/mol. The van der Waals surface area contributed by atoms with Gasteiger partial charge < -0.3 is 9.88 Å². The Balaban J connectivity index is 2.32. The van der Waals surface area contributed by atoms with Gasteiger partial charge in [0, 0.05) is 31.2 Å². The largest absolute Gasteiger partial charge is 0.346 e. The Bertz CT molecular complexity index is 594. The number of aromatic nitrogens is 1. The molecule has 1 aromatic carbocycles. The van der Waals surface area contributed by atoms with Crippen molar-refractivity contribution >= 4 is 10.9 Å². The van der Waals surface area contributed by atoms with E-state index in [1.807, 2.05) is 0 Å². The number of hydrogen-bond acceptors (Lipinski definition) is 1. The SMILES string of the molecule is C#CCCn1ccc2cccc(CNC(C)(C)C)c21. The lowest BCUT2D eigenvalue weighted by Gasteiger charge is -2.21. The summed E-state index contributed by atoms with van der Waals surface area (Å²) < 4.78 is 2.26. The number of fused-ring (bicyclic) bond motifs is 1. The molecular weight excluding hydrogens is 232 g/mol. The van der Waals surface area contributed by atoms with Gasteiger partial charge in [-0.1, -0.05) is 18.2 Å². The minimum atomic E-state index is 0.123. The molecule has 0 saturated carbocycles. The molecule has 0 bridgehead atoms. The summed E-state index contributed by atoms with van der Waals surface area (Å²) in [7, 11) is 0. The van der Waals surface area contributed by atoms with E-state index in [1.165, 1.54) is 16.5 Å². The average molecular weight is 254 g/mol. The van der Waals surface area contributed by atoms with Crippen LogP contribution in [0.3, 0.4) is 0 Å². The van der Waals surface area contributed by atoms with Crippen LogP contribution < -0.4 is 5.32 Å². The van der Waals surface area contributed by atoms with E-state index in [0.29, 0.717) is 0 Å². The zero-order chi connectivity index (χ0) is 13.9. The van der Waals surface area contributed by atoms with Crippen molar-refractivity contribution in [2.24, 2.45) is 0 Å². The monoisotopic (exact) mass is 254 g/mol. The lowest BCUT2D eigenvalue weighted by molar-refractivity contribution is 0.424. The van der Waals surface area contributed by atoms with Crippen molar-refractivity contribution in [2.75, 3.05) is 0 Å². The first-order valence-corrected chi connectivity index (χ1v) is 6.76. The third-order valence-corrected chi connectivity index (χ3v) is 3.18. The van der Waals surface area contributed by atoms with Crippen molar-refractivity contribution in [2.45, 2.75) is 45.8 Å². The summed E-state index contributed by atoms with van der Waals surface area (Å²) in [5.74, 6) is 2.71. The van der Waals surface area contributed by atoms with Gasteiger partial charge in [-0.25, -0.2) is 0 Å². The second-order valence-corrected chi connectivity index (χ2v) is 5.92. The van der Waals surface area contributed by atoms with Crippen LogP contribution in [-0.2, 0) is 13.1 Å². The predicted octanol–water partition coefficient (Wildman–Crippen LogP) is 3.55. The summed E-state index contributed by atoms with van der Waals surface area (Å²) in [6.07, 6.45) is 8.26. The first-order chi connectivity index (χ1) is 9.01. The van der Waals surface area contributed by atoms with Gasteiger partial charge in [-0.3, -0.25) is 0 Å². The highest BCUT2D eigenvalue weighted by atomic mass is 15.0. The molecule has 0 radical (unpaired) electrons. The van der Waals surface area contributed by atoms with E-state index in [0.717, 1.165) is 19.5 Å². The minimum Gasteiger partial charge on any atom is -0.346 e. The van der Waals surface area contributed by atoms with Gasteiger partial charge >= 0.3 is 0 Å². The molecule has 0 fully saturated rings. The quantitative estimate of drug-likeness (QED) is 0.826. The standard InChI is InChI=1S/C17H22N2/c1-5-6-11-19-12-10-14-8-7-9-15(16(14)19)13-18-17(2,3)4/h1,7-10,12,18H,6,11,13H2,2-4H3. The molecule has 0 spiro atoms. The molecule has 2 heteroatoms. The molecule has 0 aliphatic rings. The van der Waals surface area contributed by atoms with E-state index in [-0.39, 0.29) is 5.54 Å². The van der Waals surface area contributed by atoms with Crippen molar-refractivity contribution in [3.8, 4) is 12.3 Å². The Hall–Kier alpha value is -1.72. The van der Waals surface area contributed by atoms with Crippen molar-refractivity contribution in [1.29, 1.82) is 0 Å². The summed E-state index contributed by atoms with van der Waals surface area (Å²) in [4.78, 5) is 0. The van der Waals surface area contributed by atoms with Crippen LogP contribution in [-0.4, -0.2) is 10.1 Å². The number of terminal acetylenes is 1. The first-order valence-electron chi connectivity index (χ1n) is 6.76. The highest BCUT2D eigenvalue weighted by Gasteiger charge is 2.11. The smallest absolute Gasteiger partial charge is 0.0526 e. The maximum absolute atomic E-state index is 5.37. The van der Waals surface area contributed by atoms with Crippen molar-refractivity contribution in [1.82, 2.24) is 9.88 Å². The van der Waals surface area contributed by atoms with Gasteiger partial charge in [0.15, 0.2) is 0 Å². The fourth-order valence-electron chi connectivity index (χ4n) is 2.22. The van der Waals surface area contributed by atoms with Crippen LogP contribution in [0.15, 0.2) is 30.5 Å². The number of para-hydroxylation sites is 1. The van der Waals surface area contributed by atoms with E-state index >= 15 is 0 Å². The van der Waals surface area contributed by atoms with E-state index < -0.39 is 0 Å². The van der Waals surface area contributed by atoms with E-state index in [1.54, 1.807) is 0 Å². The van der Waals surface area contributed by atoms with Crippen molar-refractivity contribution in [3.05, 3.63) is 36.0 Å². The molecule has 0 unspecified atom stereocenters. The van der Waals surface area contributed by atoms with Crippen LogP contribution in [0.4, 0.5) is 0 Å². The first kappa shape index (κ1) is 13.7. The minimum absolute atomic E-state index is 0.123. The molecule has 2 rings (SSSR count). The second kappa shape index (κ2) is 5.50. The topological polar surface area (TPSA) is 17.0 Å². The zero-order valence-electron chi connectivity index (χ0n) is 12.0. The molecule has 19 heavy (non-hydrogen) atoms. The lowest BCUT2D eigenvalue weighted by atomic mass is 10.1. The maximum Gasteiger partial charge on any atom is 0.0526 e. The van der Waals surface area contributed by atoms with E-state index in [4.69, 9.17) is 6.42 Å². The molecule has 1 heterocycles. The van der Waals surface area contributed by atoms with Gasteiger partial charge in [-0.05, 0) is 37.8 Å². The fraction of sp³-hybridized carbons (Fsp3) is 0.412. The Kier molecular flexibility index (Phi) is 3.97. The zero-order valence-corrected chi connectivity index (χ0v) is 12.0. The van der Waals surface area contributed by atoms with Gasteiger partial charge in [-0.2, -0.15) is 0 Å². The van der Waals surface area contributed by atoms with Crippen LogP contribution in [0.1, 0.15) is 32.8 Å². The normalized spacial score (nSPS) is 11.7. The van der Waals surface area contributed by atoms with Crippen LogP contribution in [0.2, 0.25) is 0 Å². The molecule has 0 atom stereocenters. The van der Waals surface area contributed by atoms with E-state index in [2.05, 4.69) is 67.0 Å².